The minimum absolute atomic E-state index is 0.210. The summed E-state index contributed by atoms with van der Waals surface area (Å²) in [6, 6.07) is 7.36. The second kappa shape index (κ2) is 12.4. The molecule has 2 aromatic carbocycles. The van der Waals surface area contributed by atoms with Gasteiger partial charge in [0.1, 0.15) is 13.2 Å². The molecule has 0 aliphatic carbocycles. The predicted molar refractivity (Wildman–Crippen MR) is 118 cm³/mol. The van der Waals surface area contributed by atoms with E-state index in [2.05, 4.69) is 5.32 Å². The monoisotopic (exact) mass is 477 g/mol. The van der Waals surface area contributed by atoms with Crippen LogP contribution in [0.1, 0.15) is 10.4 Å². The van der Waals surface area contributed by atoms with Gasteiger partial charge in [-0.3, -0.25) is 25.0 Å². The zero-order valence-corrected chi connectivity index (χ0v) is 18.1. The first-order chi connectivity index (χ1) is 16.4. The summed E-state index contributed by atoms with van der Waals surface area (Å²) >= 11 is 0. The Hall–Kier alpha value is -3.81. The maximum atomic E-state index is 12.7. The normalized spacial score (nSPS) is 15.4. The number of benzene rings is 2. The van der Waals surface area contributed by atoms with Crippen molar-refractivity contribution in [2.75, 3.05) is 58.2 Å². The van der Waals surface area contributed by atoms with Gasteiger partial charge in [0.05, 0.1) is 61.1 Å². The van der Waals surface area contributed by atoms with Gasteiger partial charge in [0.25, 0.3) is 17.3 Å². The van der Waals surface area contributed by atoms with Gasteiger partial charge in [-0.05, 0) is 12.1 Å². The van der Waals surface area contributed by atoms with Gasteiger partial charge in [0, 0.05) is 23.9 Å². The number of anilines is 1. The number of carbonyl (C=O) groups is 1. The topological polar surface area (TPSA) is 162 Å². The fourth-order valence-corrected chi connectivity index (χ4v) is 2.92. The van der Waals surface area contributed by atoms with Crippen molar-refractivity contribution < 1.29 is 38.3 Å². The highest BCUT2D eigenvalue weighted by atomic mass is 16.6. The molecule has 0 bridgehead atoms. The van der Waals surface area contributed by atoms with Crippen LogP contribution in [-0.4, -0.2) is 68.6 Å². The maximum absolute atomic E-state index is 12.7. The van der Waals surface area contributed by atoms with Crippen molar-refractivity contribution >= 4 is 23.0 Å². The Kier molecular flexibility index (Phi) is 9.08. The van der Waals surface area contributed by atoms with Crippen LogP contribution in [0.4, 0.5) is 17.1 Å². The second-order valence-corrected chi connectivity index (χ2v) is 6.90. The third kappa shape index (κ3) is 7.37. The Morgan fingerprint density at radius 3 is 1.74 bits per heavy atom. The zero-order chi connectivity index (χ0) is 24.3. The van der Waals surface area contributed by atoms with E-state index < -0.39 is 27.1 Å². The Balaban J connectivity index is 1.76. The number of nitro groups is 2. The number of hydrogen-bond acceptors (Lipinski definition) is 10. The summed E-state index contributed by atoms with van der Waals surface area (Å²) in [5.74, 6) is -0.0159. The maximum Gasteiger partial charge on any atom is 0.277 e. The smallest absolute Gasteiger partial charge is 0.277 e. The summed E-state index contributed by atoms with van der Waals surface area (Å²) in [6.07, 6.45) is 0. The molecule has 0 aromatic heterocycles. The molecule has 0 saturated heterocycles. The van der Waals surface area contributed by atoms with Crippen molar-refractivity contribution in [1.29, 1.82) is 0 Å². The second-order valence-electron chi connectivity index (χ2n) is 6.90. The van der Waals surface area contributed by atoms with Crippen LogP contribution in [0.3, 0.4) is 0 Å². The predicted octanol–water partition coefficient (Wildman–Crippen LogP) is 2.58. The summed E-state index contributed by atoms with van der Waals surface area (Å²) in [6.45, 7) is 2.81. The van der Waals surface area contributed by atoms with Gasteiger partial charge in [0.15, 0.2) is 11.5 Å². The van der Waals surface area contributed by atoms with E-state index in [4.69, 9.17) is 23.7 Å². The summed E-state index contributed by atoms with van der Waals surface area (Å²) in [5, 5.41) is 24.7. The van der Waals surface area contributed by atoms with Crippen molar-refractivity contribution in [1.82, 2.24) is 0 Å². The van der Waals surface area contributed by atoms with Crippen LogP contribution in [0.15, 0.2) is 36.4 Å². The SMILES string of the molecule is O=C(Nc1ccc2c(c1)OCCOCCOCCOCCO2)c1cc([N+](=O)[O-])cc([N+](=O)[O-])c1. The molecule has 0 radical (unpaired) electrons. The molecule has 1 aliphatic heterocycles. The lowest BCUT2D eigenvalue weighted by atomic mass is 10.1. The first-order valence-corrected chi connectivity index (χ1v) is 10.3. The lowest BCUT2D eigenvalue weighted by molar-refractivity contribution is -0.394. The molecule has 0 unspecified atom stereocenters. The van der Waals surface area contributed by atoms with Crippen LogP contribution in [0.5, 0.6) is 11.5 Å². The minimum atomic E-state index is -0.805. The lowest BCUT2D eigenvalue weighted by Crippen LogP contribution is -2.14. The van der Waals surface area contributed by atoms with Crippen LogP contribution in [0.2, 0.25) is 0 Å². The molecule has 13 nitrogen and oxygen atoms in total. The highest BCUT2D eigenvalue weighted by Gasteiger charge is 2.20. The molecule has 0 fully saturated rings. The third-order valence-corrected chi connectivity index (χ3v) is 4.50. The van der Waals surface area contributed by atoms with E-state index in [1.54, 1.807) is 12.1 Å². The van der Waals surface area contributed by atoms with E-state index in [0.717, 1.165) is 18.2 Å². The molecule has 13 heteroatoms. The molecule has 0 atom stereocenters. The number of hydrogen-bond donors (Lipinski definition) is 1. The van der Waals surface area contributed by atoms with Crippen molar-refractivity contribution in [3.05, 3.63) is 62.2 Å². The van der Waals surface area contributed by atoms with E-state index >= 15 is 0 Å². The summed E-state index contributed by atoms with van der Waals surface area (Å²) in [5.41, 5.74) is -1.07. The molecule has 1 amide bonds. The molecule has 3 rings (SSSR count). The van der Waals surface area contributed by atoms with Gasteiger partial charge in [-0.2, -0.15) is 0 Å². The van der Waals surface area contributed by atoms with E-state index in [1.807, 2.05) is 0 Å². The van der Waals surface area contributed by atoms with E-state index in [0.29, 0.717) is 56.8 Å². The van der Waals surface area contributed by atoms with Gasteiger partial charge in [-0.15, -0.1) is 0 Å². The Morgan fingerprint density at radius 1 is 0.706 bits per heavy atom. The number of rotatable bonds is 4. The van der Waals surface area contributed by atoms with Gasteiger partial charge in [-0.25, -0.2) is 0 Å². The number of amides is 1. The van der Waals surface area contributed by atoms with Gasteiger partial charge in [-0.1, -0.05) is 0 Å². The Labute approximate surface area is 193 Å². The number of nitrogens with zero attached hydrogens (tertiary/aromatic N) is 2. The number of non-ortho nitro benzene ring substituents is 2. The van der Waals surface area contributed by atoms with Crippen LogP contribution < -0.4 is 14.8 Å². The summed E-state index contributed by atoms with van der Waals surface area (Å²) < 4.78 is 27.6. The molecule has 182 valence electrons. The molecule has 1 aliphatic rings. The highest BCUT2D eigenvalue weighted by Crippen LogP contribution is 2.31. The molecular weight excluding hydrogens is 454 g/mol. The van der Waals surface area contributed by atoms with Crippen molar-refractivity contribution in [3.63, 3.8) is 0 Å². The van der Waals surface area contributed by atoms with Crippen molar-refractivity contribution in [2.24, 2.45) is 0 Å². The molecule has 1 N–H and O–H groups in total. The Morgan fingerprint density at radius 2 is 1.21 bits per heavy atom. The molecule has 2 aromatic rings. The quantitative estimate of drug-likeness (QED) is 0.512. The molecule has 1 heterocycles. The van der Waals surface area contributed by atoms with Crippen LogP contribution in [-0.2, 0) is 14.2 Å². The molecule has 0 spiro atoms. The van der Waals surface area contributed by atoms with Gasteiger partial charge in [0.2, 0.25) is 0 Å². The number of fused-ring (bicyclic) bond motifs is 1. The van der Waals surface area contributed by atoms with E-state index in [-0.39, 0.29) is 18.8 Å². The highest BCUT2D eigenvalue weighted by molar-refractivity contribution is 6.05. The fourth-order valence-electron chi connectivity index (χ4n) is 2.92. The van der Waals surface area contributed by atoms with E-state index in [9.17, 15) is 25.0 Å². The Bertz CT molecular complexity index is 998. The average molecular weight is 477 g/mol. The first-order valence-electron chi connectivity index (χ1n) is 10.3. The summed E-state index contributed by atoms with van der Waals surface area (Å²) in [7, 11) is 0. The fraction of sp³-hybridized carbons (Fsp3) is 0.381. The first kappa shape index (κ1) is 24.8. The van der Waals surface area contributed by atoms with Gasteiger partial charge < -0.3 is 29.0 Å². The minimum Gasteiger partial charge on any atom is -0.487 e. The van der Waals surface area contributed by atoms with Crippen molar-refractivity contribution in [2.45, 2.75) is 0 Å². The van der Waals surface area contributed by atoms with Crippen LogP contribution in [0, 0.1) is 20.2 Å². The van der Waals surface area contributed by atoms with Crippen LogP contribution in [0.25, 0.3) is 0 Å². The molecule has 34 heavy (non-hydrogen) atoms. The summed E-state index contributed by atoms with van der Waals surface area (Å²) in [4.78, 5) is 33.2. The third-order valence-electron chi connectivity index (χ3n) is 4.50. The lowest BCUT2D eigenvalue weighted by Gasteiger charge is -2.15. The number of carbonyl (C=O) groups excluding carboxylic acids is 1. The van der Waals surface area contributed by atoms with Crippen molar-refractivity contribution in [3.8, 4) is 11.5 Å². The molecular formula is C21H23N3O10. The zero-order valence-electron chi connectivity index (χ0n) is 18.1. The average Bonchev–Trinajstić information content (AvgIpc) is 2.83. The van der Waals surface area contributed by atoms with E-state index in [1.165, 1.54) is 6.07 Å². The standard InChI is InChI=1S/C21H23N3O10/c25-21(15-11-17(23(26)27)14-18(12-15)24(28)29)22-16-1-2-19-20(13-16)34-10-8-32-6-4-30-3-5-31-7-9-33-19/h1-2,11-14H,3-10H2,(H,22,25). The van der Waals surface area contributed by atoms with Gasteiger partial charge >= 0.3 is 0 Å². The number of nitro benzene ring substituents is 2. The van der Waals surface area contributed by atoms with Crippen LogP contribution >= 0.6 is 0 Å². The molecule has 0 saturated carbocycles. The number of nitrogens with one attached hydrogen (secondary N) is 1. The number of ether oxygens (including phenoxy) is 5. The largest absolute Gasteiger partial charge is 0.487 e.